The summed E-state index contributed by atoms with van der Waals surface area (Å²) in [7, 11) is 0. The molecule has 1 unspecified atom stereocenters. The molecule has 29 heavy (non-hydrogen) atoms. The van der Waals surface area contributed by atoms with Crippen LogP contribution in [0.5, 0.6) is 0 Å². The highest BCUT2D eigenvalue weighted by Gasteiger charge is 2.21. The third kappa shape index (κ3) is 5.50. The number of hydrogen-bond donors (Lipinski definition) is 2. The number of carbonyl (C=O) groups is 1. The highest BCUT2D eigenvalue weighted by Crippen LogP contribution is 2.27. The molecule has 0 radical (unpaired) electrons. The molecule has 3 aromatic rings. The summed E-state index contributed by atoms with van der Waals surface area (Å²) in [6.07, 6.45) is 1.69. The Morgan fingerprint density at radius 3 is 2.59 bits per heavy atom. The van der Waals surface area contributed by atoms with Crippen LogP contribution in [0.15, 0.2) is 48.7 Å². The van der Waals surface area contributed by atoms with E-state index in [2.05, 4.69) is 44.6 Å². The molecule has 2 aromatic heterocycles. The smallest absolute Gasteiger partial charge is 0.321 e. The fraction of sp³-hybridized carbons (Fsp3) is 0.300. The van der Waals surface area contributed by atoms with E-state index in [0.717, 1.165) is 24.3 Å². The average molecular weight is 431 g/mol. The molecule has 0 fully saturated rings. The molecule has 2 amide bonds. The lowest BCUT2D eigenvalue weighted by molar-refractivity contribution is 0.210. The van der Waals surface area contributed by atoms with E-state index in [9.17, 15) is 4.79 Å². The van der Waals surface area contributed by atoms with E-state index in [1.54, 1.807) is 6.20 Å². The Bertz CT molecular complexity index is 931. The maximum atomic E-state index is 12.4. The molecule has 0 aliphatic carbocycles. The van der Waals surface area contributed by atoms with Crippen LogP contribution in [-0.2, 0) is 0 Å². The van der Waals surface area contributed by atoms with Crippen LogP contribution in [0.1, 0.15) is 25.5 Å². The maximum Gasteiger partial charge on any atom is 0.321 e. The number of urea groups is 1. The Labute approximate surface area is 179 Å². The molecule has 0 aliphatic rings. The Kier molecular flexibility index (Phi) is 7.51. The number of rotatable bonds is 8. The number of pyridine rings is 1. The second-order valence-electron chi connectivity index (χ2n) is 6.22. The number of nitrogens with zero attached hydrogens (tertiary/aromatic N) is 4. The fourth-order valence-electron chi connectivity index (χ4n) is 3.04. The first-order valence-corrected chi connectivity index (χ1v) is 10.6. The summed E-state index contributed by atoms with van der Waals surface area (Å²) in [6.45, 7) is 6.30. The van der Waals surface area contributed by atoms with E-state index in [-0.39, 0.29) is 12.1 Å². The number of benzene rings is 1. The van der Waals surface area contributed by atoms with Gasteiger partial charge in [0.1, 0.15) is 5.69 Å². The van der Waals surface area contributed by atoms with E-state index >= 15 is 0 Å². The standard InChI is InChI=1S/C20H23ClN6OS/c1-3-27(4-2)17(14-9-5-6-10-15(14)21)13-23-19(28)24-20-26-25-18(29-20)16-11-7-8-12-22-16/h5-12,17H,3-4,13H2,1-2H3,(H2,23,24,26,28). The molecular formula is C20H23ClN6OS. The quantitative estimate of drug-likeness (QED) is 0.551. The van der Waals surface area contributed by atoms with Crippen molar-refractivity contribution in [3.05, 3.63) is 59.2 Å². The molecule has 7 nitrogen and oxygen atoms in total. The second-order valence-corrected chi connectivity index (χ2v) is 7.61. The van der Waals surface area contributed by atoms with Crippen LogP contribution in [0.25, 0.3) is 10.7 Å². The van der Waals surface area contributed by atoms with Gasteiger partial charge in [0.05, 0.1) is 6.04 Å². The van der Waals surface area contributed by atoms with E-state index in [4.69, 9.17) is 11.6 Å². The van der Waals surface area contributed by atoms with E-state index in [0.29, 0.717) is 21.7 Å². The summed E-state index contributed by atoms with van der Waals surface area (Å²) < 4.78 is 0. The number of amides is 2. The van der Waals surface area contributed by atoms with Crippen LogP contribution < -0.4 is 10.6 Å². The molecule has 0 aliphatic heterocycles. The van der Waals surface area contributed by atoms with Crippen molar-refractivity contribution in [2.75, 3.05) is 25.0 Å². The van der Waals surface area contributed by atoms with Gasteiger partial charge >= 0.3 is 6.03 Å². The largest absolute Gasteiger partial charge is 0.336 e. The molecule has 3 rings (SSSR count). The van der Waals surface area contributed by atoms with Gasteiger partial charge in [-0.3, -0.25) is 15.2 Å². The first-order chi connectivity index (χ1) is 14.1. The zero-order valence-corrected chi connectivity index (χ0v) is 17.9. The van der Waals surface area contributed by atoms with Gasteiger partial charge in [0, 0.05) is 17.8 Å². The van der Waals surface area contributed by atoms with Gasteiger partial charge in [-0.05, 0) is 36.9 Å². The molecule has 0 saturated heterocycles. The summed E-state index contributed by atoms with van der Waals surface area (Å²) in [5.74, 6) is 0. The van der Waals surface area contributed by atoms with Crippen LogP contribution in [0.2, 0.25) is 5.02 Å². The second kappa shape index (κ2) is 10.3. The Hall–Kier alpha value is -2.55. The number of anilines is 1. The SMILES string of the molecule is CCN(CC)C(CNC(=O)Nc1nnc(-c2ccccn2)s1)c1ccccc1Cl. The van der Waals surface area contributed by atoms with Crippen molar-refractivity contribution in [1.82, 2.24) is 25.4 Å². The monoisotopic (exact) mass is 430 g/mol. The van der Waals surface area contributed by atoms with Gasteiger partial charge in [-0.15, -0.1) is 10.2 Å². The van der Waals surface area contributed by atoms with Crippen molar-refractivity contribution in [1.29, 1.82) is 0 Å². The van der Waals surface area contributed by atoms with Crippen molar-refractivity contribution in [2.24, 2.45) is 0 Å². The minimum atomic E-state index is -0.335. The number of nitrogens with one attached hydrogen (secondary N) is 2. The summed E-state index contributed by atoms with van der Waals surface area (Å²) >= 11 is 7.68. The summed E-state index contributed by atoms with van der Waals surface area (Å²) in [5.41, 5.74) is 1.71. The first-order valence-electron chi connectivity index (χ1n) is 9.40. The molecule has 1 atom stereocenters. The number of hydrogen-bond acceptors (Lipinski definition) is 6. The molecule has 0 saturated carbocycles. The lowest BCUT2D eigenvalue weighted by Crippen LogP contribution is -2.39. The fourth-order valence-corrected chi connectivity index (χ4v) is 4.02. The van der Waals surface area contributed by atoms with Crippen molar-refractivity contribution in [2.45, 2.75) is 19.9 Å². The lowest BCUT2D eigenvalue weighted by atomic mass is 10.0. The number of halogens is 1. The third-order valence-electron chi connectivity index (χ3n) is 4.50. The molecule has 152 valence electrons. The molecule has 0 spiro atoms. The normalized spacial score (nSPS) is 12.0. The third-order valence-corrected chi connectivity index (χ3v) is 5.71. The number of carbonyl (C=O) groups excluding carboxylic acids is 1. The minimum Gasteiger partial charge on any atom is -0.336 e. The van der Waals surface area contributed by atoms with Gasteiger partial charge < -0.3 is 5.32 Å². The molecule has 2 heterocycles. The average Bonchev–Trinajstić information content (AvgIpc) is 3.21. The summed E-state index contributed by atoms with van der Waals surface area (Å²) in [6, 6.07) is 12.9. The first kappa shape index (κ1) is 21.2. The molecular weight excluding hydrogens is 408 g/mol. The Morgan fingerprint density at radius 1 is 1.14 bits per heavy atom. The van der Waals surface area contributed by atoms with Gasteiger partial charge in [-0.25, -0.2) is 4.79 Å². The van der Waals surface area contributed by atoms with Gasteiger partial charge in [-0.1, -0.05) is 61.1 Å². The van der Waals surface area contributed by atoms with Crippen LogP contribution in [0.4, 0.5) is 9.93 Å². The van der Waals surface area contributed by atoms with Crippen LogP contribution in [0.3, 0.4) is 0 Å². The zero-order chi connectivity index (χ0) is 20.6. The zero-order valence-electron chi connectivity index (χ0n) is 16.3. The van der Waals surface area contributed by atoms with Crippen molar-refractivity contribution < 1.29 is 4.79 Å². The van der Waals surface area contributed by atoms with Crippen molar-refractivity contribution >= 4 is 34.1 Å². The van der Waals surface area contributed by atoms with Gasteiger partial charge in [-0.2, -0.15) is 0 Å². The van der Waals surface area contributed by atoms with Crippen LogP contribution in [-0.4, -0.2) is 45.7 Å². The molecule has 1 aromatic carbocycles. The maximum absolute atomic E-state index is 12.4. The highest BCUT2D eigenvalue weighted by molar-refractivity contribution is 7.18. The summed E-state index contributed by atoms with van der Waals surface area (Å²) in [4.78, 5) is 18.9. The highest BCUT2D eigenvalue weighted by atomic mass is 35.5. The van der Waals surface area contributed by atoms with E-state index in [1.165, 1.54) is 11.3 Å². The predicted octanol–water partition coefficient (Wildman–Crippen LogP) is 4.46. The van der Waals surface area contributed by atoms with Crippen LogP contribution >= 0.6 is 22.9 Å². The number of likely N-dealkylation sites (N-methyl/N-ethyl adjacent to an activating group) is 1. The van der Waals surface area contributed by atoms with Crippen molar-refractivity contribution in [3.63, 3.8) is 0 Å². The van der Waals surface area contributed by atoms with Gasteiger partial charge in [0.15, 0.2) is 5.01 Å². The molecule has 2 N–H and O–H groups in total. The van der Waals surface area contributed by atoms with E-state index in [1.807, 2.05) is 42.5 Å². The Morgan fingerprint density at radius 2 is 1.90 bits per heavy atom. The number of aromatic nitrogens is 3. The van der Waals surface area contributed by atoms with Crippen molar-refractivity contribution in [3.8, 4) is 10.7 Å². The lowest BCUT2D eigenvalue weighted by Gasteiger charge is -2.30. The Balaban J connectivity index is 1.65. The predicted molar refractivity (Wildman–Crippen MR) is 117 cm³/mol. The van der Waals surface area contributed by atoms with E-state index < -0.39 is 0 Å². The molecule has 9 heteroatoms. The topological polar surface area (TPSA) is 83.0 Å². The van der Waals surface area contributed by atoms with Gasteiger partial charge in [0.25, 0.3) is 0 Å². The van der Waals surface area contributed by atoms with Gasteiger partial charge in [0.2, 0.25) is 5.13 Å². The minimum absolute atomic E-state index is 0.0250. The van der Waals surface area contributed by atoms with Crippen LogP contribution in [0, 0.1) is 0 Å². The molecule has 0 bridgehead atoms. The summed E-state index contributed by atoms with van der Waals surface area (Å²) in [5, 5.41) is 15.5.